The first-order valence-corrected chi connectivity index (χ1v) is 10.3. The summed E-state index contributed by atoms with van der Waals surface area (Å²) >= 11 is 0. The lowest BCUT2D eigenvalue weighted by Crippen LogP contribution is -2.17. The highest BCUT2D eigenvalue weighted by Gasteiger charge is 2.12. The third kappa shape index (κ3) is 7.14. The standard InChI is InChI=1S/C25H33NO4/c1-7-8-14-28-24-16-18(2)25(19(3)17-24)30-20(4)13-15-29-23-11-9-22(10-12-23)21(5)26-27-6/h7-12,16-17,20H,13-15H2,1-6H3/b8-7+,26-21+. The van der Waals surface area contributed by atoms with Gasteiger partial charge in [-0.1, -0.05) is 17.3 Å². The van der Waals surface area contributed by atoms with Crippen molar-refractivity contribution >= 4 is 5.71 Å². The van der Waals surface area contributed by atoms with E-state index in [1.807, 2.05) is 76.2 Å². The molecule has 0 bridgehead atoms. The monoisotopic (exact) mass is 411 g/mol. The topological polar surface area (TPSA) is 49.3 Å². The van der Waals surface area contributed by atoms with Crippen LogP contribution in [0.4, 0.5) is 0 Å². The molecule has 2 rings (SSSR count). The molecule has 5 nitrogen and oxygen atoms in total. The predicted octanol–water partition coefficient (Wildman–Crippen LogP) is 5.87. The maximum absolute atomic E-state index is 6.19. The Balaban J connectivity index is 1.86. The molecular weight excluding hydrogens is 378 g/mol. The maximum atomic E-state index is 6.19. The van der Waals surface area contributed by atoms with Crippen molar-refractivity contribution in [3.05, 3.63) is 65.2 Å². The Kier molecular flexibility index (Phi) is 9.26. The first kappa shape index (κ1) is 23.3. The summed E-state index contributed by atoms with van der Waals surface area (Å²) < 4.78 is 17.8. The number of allylic oxidation sites excluding steroid dienone is 1. The molecule has 1 atom stereocenters. The van der Waals surface area contributed by atoms with Crippen molar-refractivity contribution in [3.63, 3.8) is 0 Å². The Morgan fingerprint density at radius 2 is 1.70 bits per heavy atom. The van der Waals surface area contributed by atoms with Crippen molar-refractivity contribution in [1.29, 1.82) is 0 Å². The van der Waals surface area contributed by atoms with Crippen LogP contribution in [0, 0.1) is 13.8 Å². The molecule has 0 saturated heterocycles. The Hall–Kier alpha value is -2.95. The normalized spacial score (nSPS) is 12.7. The van der Waals surface area contributed by atoms with Crippen molar-refractivity contribution in [2.75, 3.05) is 20.3 Å². The molecule has 2 aromatic carbocycles. The van der Waals surface area contributed by atoms with Gasteiger partial charge in [0.15, 0.2) is 0 Å². The Bertz CT molecular complexity index is 833. The minimum atomic E-state index is 0.0348. The van der Waals surface area contributed by atoms with Crippen LogP contribution in [0.2, 0.25) is 0 Å². The van der Waals surface area contributed by atoms with E-state index in [0.717, 1.165) is 46.1 Å². The van der Waals surface area contributed by atoms with E-state index in [0.29, 0.717) is 13.2 Å². The minimum absolute atomic E-state index is 0.0348. The molecule has 0 aliphatic carbocycles. The molecule has 1 unspecified atom stereocenters. The SMILES string of the molecule is C/C=C/COc1cc(C)c(OC(C)CCOc2ccc(/C(C)=N/OC)cc2)c(C)c1. The molecule has 0 amide bonds. The largest absolute Gasteiger partial charge is 0.493 e. The second-order valence-corrected chi connectivity index (χ2v) is 7.22. The zero-order valence-electron chi connectivity index (χ0n) is 18.9. The van der Waals surface area contributed by atoms with Gasteiger partial charge in [-0.3, -0.25) is 0 Å². The molecule has 162 valence electrons. The summed E-state index contributed by atoms with van der Waals surface area (Å²) in [5.41, 5.74) is 3.98. The average molecular weight is 412 g/mol. The van der Waals surface area contributed by atoms with Crippen molar-refractivity contribution in [3.8, 4) is 17.2 Å². The molecule has 2 aromatic rings. The summed E-state index contributed by atoms with van der Waals surface area (Å²) in [6.07, 6.45) is 4.78. The van der Waals surface area contributed by atoms with Crippen LogP contribution in [-0.4, -0.2) is 32.1 Å². The summed E-state index contributed by atoms with van der Waals surface area (Å²) in [6.45, 7) is 11.2. The van der Waals surface area contributed by atoms with E-state index >= 15 is 0 Å². The van der Waals surface area contributed by atoms with Crippen LogP contribution in [0.1, 0.15) is 43.9 Å². The number of nitrogens with zero attached hydrogens (tertiary/aromatic N) is 1. The van der Waals surface area contributed by atoms with Gasteiger partial charge >= 0.3 is 0 Å². The van der Waals surface area contributed by atoms with Gasteiger partial charge in [0, 0.05) is 6.42 Å². The maximum Gasteiger partial charge on any atom is 0.125 e. The molecule has 0 aromatic heterocycles. The summed E-state index contributed by atoms with van der Waals surface area (Å²) in [6, 6.07) is 11.9. The van der Waals surface area contributed by atoms with Crippen LogP contribution < -0.4 is 14.2 Å². The van der Waals surface area contributed by atoms with Crippen molar-refractivity contribution < 1.29 is 19.0 Å². The highest BCUT2D eigenvalue weighted by Crippen LogP contribution is 2.29. The smallest absolute Gasteiger partial charge is 0.125 e. The van der Waals surface area contributed by atoms with Gasteiger partial charge in [-0.25, -0.2) is 0 Å². The molecule has 0 heterocycles. The zero-order valence-corrected chi connectivity index (χ0v) is 18.9. The Labute approximate surface area is 180 Å². The van der Waals surface area contributed by atoms with Crippen LogP contribution in [0.3, 0.4) is 0 Å². The van der Waals surface area contributed by atoms with E-state index in [9.17, 15) is 0 Å². The van der Waals surface area contributed by atoms with E-state index in [-0.39, 0.29) is 6.10 Å². The van der Waals surface area contributed by atoms with Gasteiger partial charge in [-0.05, 0) is 87.7 Å². The van der Waals surface area contributed by atoms with Crippen LogP contribution in [0.15, 0.2) is 53.7 Å². The first-order chi connectivity index (χ1) is 14.4. The van der Waals surface area contributed by atoms with Crippen LogP contribution in [0.25, 0.3) is 0 Å². The van der Waals surface area contributed by atoms with E-state index in [4.69, 9.17) is 19.0 Å². The zero-order chi connectivity index (χ0) is 21.9. The van der Waals surface area contributed by atoms with Gasteiger partial charge in [-0.2, -0.15) is 0 Å². The number of ether oxygens (including phenoxy) is 3. The van der Waals surface area contributed by atoms with Crippen molar-refractivity contribution in [2.24, 2.45) is 5.16 Å². The number of hydrogen-bond acceptors (Lipinski definition) is 5. The molecule has 0 N–H and O–H groups in total. The second-order valence-electron chi connectivity index (χ2n) is 7.22. The lowest BCUT2D eigenvalue weighted by atomic mass is 10.1. The Morgan fingerprint density at radius 3 is 2.30 bits per heavy atom. The van der Waals surface area contributed by atoms with Crippen LogP contribution in [-0.2, 0) is 4.84 Å². The quantitative estimate of drug-likeness (QED) is 0.264. The number of rotatable bonds is 11. The summed E-state index contributed by atoms with van der Waals surface area (Å²) in [7, 11) is 1.54. The molecule has 5 heteroatoms. The third-order valence-corrected chi connectivity index (χ3v) is 4.63. The van der Waals surface area contributed by atoms with E-state index < -0.39 is 0 Å². The van der Waals surface area contributed by atoms with Crippen LogP contribution in [0.5, 0.6) is 17.2 Å². The van der Waals surface area contributed by atoms with Gasteiger partial charge in [0.25, 0.3) is 0 Å². The molecule has 0 radical (unpaired) electrons. The lowest BCUT2D eigenvalue weighted by Gasteiger charge is -2.19. The molecule has 0 aliphatic heterocycles. The van der Waals surface area contributed by atoms with E-state index in [2.05, 4.69) is 12.1 Å². The molecule has 0 saturated carbocycles. The number of oxime groups is 1. The number of benzene rings is 2. The van der Waals surface area contributed by atoms with Crippen molar-refractivity contribution in [2.45, 2.75) is 47.1 Å². The second kappa shape index (κ2) is 11.9. The summed E-state index contributed by atoms with van der Waals surface area (Å²) in [5.74, 6) is 2.60. The molecular formula is C25H33NO4. The predicted molar refractivity (Wildman–Crippen MR) is 122 cm³/mol. The van der Waals surface area contributed by atoms with Gasteiger partial charge in [-0.15, -0.1) is 0 Å². The number of aryl methyl sites for hydroxylation is 2. The molecule has 30 heavy (non-hydrogen) atoms. The van der Waals surface area contributed by atoms with E-state index in [1.165, 1.54) is 0 Å². The Morgan fingerprint density at radius 1 is 1.03 bits per heavy atom. The van der Waals surface area contributed by atoms with Gasteiger partial charge in [0.2, 0.25) is 0 Å². The summed E-state index contributed by atoms with van der Waals surface area (Å²) in [4.78, 5) is 4.81. The fourth-order valence-electron chi connectivity index (χ4n) is 3.01. The average Bonchev–Trinajstić information content (AvgIpc) is 2.71. The van der Waals surface area contributed by atoms with Gasteiger partial charge < -0.3 is 19.0 Å². The van der Waals surface area contributed by atoms with Gasteiger partial charge in [0.05, 0.1) is 18.4 Å². The molecule has 0 aliphatic rings. The van der Waals surface area contributed by atoms with Crippen molar-refractivity contribution in [1.82, 2.24) is 0 Å². The number of hydrogen-bond donors (Lipinski definition) is 0. The van der Waals surface area contributed by atoms with Crippen LogP contribution >= 0.6 is 0 Å². The molecule has 0 fully saturated rings. The first-order valence-electron chi connectivity index (χ1n) is 10.3. The highest BCUT2D eigenvalue weighted by molar-refractivity contribution is 5.98. The minimum Gasteiger partial charge on any atom is -0.493 e. The fraction of sp³-hybridized carbons (Fsp3) is 0.400. The third-order valence-electron chi connectivity index (χ3n) is 4.63. The van der Waals surface area contributed by atoms with Gasteiger partial charge in [0.1, 0.15) is 31.0 Å². The lowest BCUT2D eigenvalue weighted by molar-refractivity contribution is 0.175. The van der Waals surface area contributed by atoms with E-state index in [1.54, 1.807) is 7.11 Å². The highest BCUT2D eigenvalue weighted by atomic mass is 16.6. The fourth-order valence-corrected chi connectivity index (χ4v) is 3.01. The molecule has 0 spiro atoms. The summed E-state index contributed by atoms with van der Waals surface area (Å²) in [5, 5.41) is 3.94.